The zero-order valence-electron chi connectivity index (χ0n) is 6.11. The fourth-order valence-corrected chi connectivity index (χ4v) is 0.961. The maximum Gasteiger partial charge on any atom is 0.0843 e. The normalized spacial score (nSPS) is 10.5. The minimum absolute atomic E-state index is 0.713. The first-order chi connectivity index (χ1) is 3.81. The molecule has 0 aliphatic heterocycles. The van der Waals surface area contributed by atoms with Gasteiger partial charge in [-0.3, -0.25) is 0 Å². The van der Waals surface area contributed by atoms with E-state index in [1.807, 2.05) is 0 Å². The molecular weight excluding hydrogens is 98.1 g/mol. The minimum Gasteiger partial charge on any atom is -0.355 e. The van der Waals surface area contributed by atoms with Crippen LogP contribution in [0.1, 0.15) is 39.5 Å². The van der Waals surface area contributed by atoms with Gasteiger partial charge in [0.1, 0.15) is 0 Å². The first-order valence-electron chi connectivity index (χ1n) is 3.64. The Bertz CT molecular complexity index is 37.7. The van der Waals surface area contributed by atoms with Gasteiger partial charge < -0.3 is 5.73 Å². The molecular formula is C7H18N+. The van der Waals surface area contributed by atoms with Crippen LogP contribution in [0, 0.1) is 0 Å². The molecule has 8 heavy (non-hydrogen) atoms. The second kappa shape index (κ2) is 5.10. The summed E-state index contributed by atoms with van der Waals surface area (Å²) in [5.41, 5.74) is 4.02. The molecule has 0 aromatic rings. The van der Waals surface area contributed by atoms with Crippen molar-refractivity contribution >= 4 is 0 Å². The Labute approximate surface area is 52.3 Å². The fourth-order valence-electron chi connectivity index (χ4n) is 0.961. The van der Waals surface area contributed by atoms with Crippen LogP contribution in [-0.2, 0) is 0 Å². The molecule has 0 bridgehead atoms. The fraction of sp³-hybridized carbons (Fsp3) is 1.00. The van der Waals surface area contributed by atoms with Crippen molar-refractivity contribution in [2.75, 3.05) is 0 Å². The third kappa shape index (κ3) is 4.13. The average molecular weight is 116 g/mol. The lowest BCUT2D eigenvalue weighted by molar-refractivity contribution is -0.422. The van der Waals surface area contributed by atoms with Crippen molar-refractivity contribution in [1.29, 1.82) is 0 Å². The molecule has 50 valence electrons. The Kier molecular flexibility index (Phi) is 5.08. The molecule has 0 aliphatic carbocycles. The van der Waals surface area contributed by atoms with Gasteiger partial charge in [0.25, 0.3) is 0 Å². The SMILES string of the molecule is CCCC([NH3+])CCC. The highest BCUT2D eigenvalue weighted by Gasteiger charge is 2.00. The molecule has 0 fully saturated rings. The highest BCUT2D eigenvalue weighted by Crippen LogP contribution is 1.97. The van der Waals surface area contributed by atoms with Gasteiger partial charge in [-0.05, 0) is 12.8 Å². The molecule has 0 saturated carbocycles. The van der Waals surface area contributed by atoms with Crippen molar-refractivity contribution < 1.29 is 5.73 Å². The van der Waals surface area contributed by atoms with Crippen molar-refractivity contribution in [3.05, 3.63) is 0 Å². The molecule has 1 nitrogen and oxygen atoms in total. The van der Waals surface area contributed by atoms with Crippen LogP contribution in [0.15, 0.2) is 0 Å². The summed E-state index contributed by atoms with van der Waals surface area (Å²) in [4.78, 5) is 0. The highest BCUT2D eigenvalue weighted by atomic mass is 14.6. The van der Waals surface area contributed by atoms with Crippen LogP contribution in [0.2, 0.25) is 0 Å². The van der Waals surface area contributed by atoms with Crippen LogP contribution in [-0.4, -0.2) is 6.04 Å². The maximum atomic E-state index is 4.02. The molecule has 0 aromatic heterocycles. The van der Waals surface area contributed by atoms with E-state index in [2.05, 4.69) is 19.6 Å². The monoisotopic (exact) mass is 116 g/mol. The lowest BCUT2D eigenvalue weighted by Crippen LogP contribution is -2.60. The molecule has 1 heteroatoms. The topological polar surface area (TPSA) is 27.6 Å². The standard InChI is InChI=1S/C7H17N/c1-3-5-7(8)6-4-2/h7H,3-6,8H2,1-2H3/p+1. The minimum atomic E-state index is 0.713. The van der Waals surface area contributed by atoms with E-state index in [-0.39, 0.29) is 0 Å². The van der Waals surface area contributed by atoms with Crippen molar-refractivity contribution in [3.63, 3.8) is 0 Å². The van der Waals surface area contributed by atoms with E-state index in [1.165, 1.54) is 25.7 Å². The van der Waals surface area contributed by atoms with Crippen LogP contribution < -0.4 is 5.73 Å². The maximum absolute atomic E-state index is 4.02. The van der Waals surface area contributed by atoms with Gasteiger partial charge >= 0.3 is 0 Å². The molecule has 0 atom stereocenters. The van der Waals surface area contributed by atoms with Gasteiger partial charge in [-0.15, -0.1) is 0 Å². The van der Waals surface area contributed by atoms with Crippen LogP contribution in [0.4, 0.5) is 0 Å². The van der Waals surface area contributed by atoms with Crippen LogP contribution >= 0.6 is 0 Å². The summed E-state index contributed by atoms with van der Waals surface area (Å²) in [5.74, 6) is 0. The Morgan fingerprint density at radius 1 is 1.12 bits per heavy atom. The number of hydrogen-bond acceptors (Lipinski definition) is 0. The Morgan fingerprint density at radius 3 is 1.75 bits per heavy atom. The quantitative estimate of drug-likeness (QED) is 0.571. The second-order valence-electron chi connectivity index (χ2n) is 2.44. The molecule has 0 aliphatic rings. The van der Waals surface area contributed by atoms with Crippen LogP contribution in [0.25, 0.3) is 0 Å². The molecule has 0 heterocycles. The molecule has 3 N–H and O–H groups in total. The summed E-state index contributed by atoms with van der Waals surface area (Å²) in [7, 11) is 0. The summed E-state index contributed by atoms with van der Waals surface area (Å²) in [6, 6.07) is 0.713. The molecule has 0 spiro atoms. The van der Waals surface area contributed by atoms with E-state index in [4.69, 9.17) is 0 Å². The van der Waals surface area contributed by atoms with Gasteiger partial charge in [0, 0.05) is 0 Å². The third-order valence-electron chi connectivity index (χ3n) is 1.39. The summed E-state index contributed by atoms with van der Waals surface area (Å²) < 4.78 is 0. The predicted molar refractivity (Wildman–Crippen MR) is 36.5 cm³/mol. The van der Waals surface area contributed by atoms with Gasteiger partial charge in [0.15, 0.2) is 0 Å². The Hall–Kier alpha value is -0.0400. The van der Waals surface area contributed by atoms with Gasteiger partial charge in [0.05, 0.1) is 6.04 Å². The highest BCUT2D eigenvalue weighted by molar-refractivity contribution is 4.49. The Balaban J connectivity index is 2.92. The largest absolute Gasteiger partial charge is 0.355 e. The number of hydrogen-bond donors (Lipinski definition) is 1. The molecule has 0 amide bonds. The van der Waals surface area contributed by atoms with E-state index in [1.54, 1.807) is 0 Å². The van der Waals surface area contributed by atoms with Gasteiger partial charge in [-0.2, -0.15) is 0 Å². The van der Waals surface area contributed by atoms with E-state index in [9.17, 15) is 0 Å². The van der Waals surface area contributed by atoms with Crippen molar-refractivity contribution in [3.8, 4) is 0 Å². The first-order valence-corrected chi connectivity index (χ1v) is 3.64. The van der Waals surface area contributed by atoms with Crippen LogP contribution in [0.3, 0.4) is 0 Å². The van der Waals surface area contributed by atoms with E-state index in [0.29, 0.717) is 6.04 Å². The van der Waals surface area contributed by atoms with Crippen molar-refractivity contribution in [2.24, 2.45) is 0 Å². The van der Waals surface area contributed by atoms with Crippen molar-refractivity contribution in [1.82, 2.24) is 0 Å². The lowest BCUT2D eigenvalue weighted by atomic mass is 10.1. The number of quaternary nitrogens is 1. The molecule has 0 radical (unpaired) electrons. The Morgan fingerprint density at radius 2 is 1.50 bits per heavy atom. The average Bonchev–Trinajstić information content (AvgIpc) is 1.68. The summed E-state index contributed by atoms with van der Waals surface area (Å²) in [6.07, 6.45) is 5.17. The van der Waals surface area contributed by atoms with Crippen molar-refractivity contribution in [2.45, 2.75) is 45.6 Å². The summed E-state index contributed by atoms with van der Waals surface area (Å²) in [5, 5.41) is 0. The zero-order chi connectivity index (χ0) is 6.41. The van der Waals surface area contributed by atoms with Gasteiger partial charge in [-0.1, -0.05) is 26.7 Å². The van der Waals surface area contributed by atoms with Gasteiger partial charge in [0.2, 0.25) is 0 Å². The summed E-state index contributed by atoms with van der Waals surface area (Å²) in [6.45, 7) is 4.43. The second-order valence-corrected chi connectivity index (χ2v) is 2.44. The molecule has 0 aromatic carbocycles. The van der Waals surface area contributed by atoms with Crippen LogP contribution in [0.5, 0.6) is 0 Å². The molecule has 0 saturated heterocycles. The first kappa shape index (κ1) is 7.96. The molecule has 0 rings (SSSR count). The lowest BCUT2D eigenvalue weighted by Gasteiger charge is -2.02. The third-order valence-corrected chi connectivity index (χ3v) is 1.39. The zero-order valence-corrected chi connectivity index (χ0v) is 6.11. The molecule has 0 unspecified atom stereocenters. The van der Waals surface area contributed by atoms with E-state index < -0.39 is 0 Å². The van der Waals surface area contributed by atoms with E-state index >= 15 is 0 Å². The smallest absolute Gasteiger partial charge is 0.0843 e. The van der Waals surface area contributed by atoms with Gasteiger partial charge in [-0.25, -0.2) is 0 Å². The number of rotatable bonds is 4. The van der Waals surface area contributed by atoms with E-state index in [0.717, 1.165) is 0 Å². The summed E-state index contributed by atoms with van der Waals surface area (Å²) >= 11 is 0. The predicted octanol–water partition coefficient (Wildman–Crippen LogP) is 1.20.